The minimum absolute atomic E-state index is 0.0837. The highest BCUT2D eigenvalue weighted by atomic mass is 19.4. The third kappa shape index (κ3) is 7.89. The quantitative estimate of drug-likeness (QED) is 0.364. The number of benzene rings is 1. The molecule has 3 N–H and O–H groups in total. The van der Waals surface area contributed by atoms with Crippen molar-refractivity contribution in [3.8, 4) is 0 Å². The van der Waals surface area contributed by atoms with Crippen LogP contribution in [0.4, 0.5) is 18.9 Å². The monoisotopic (exact) mass is 463 g/mol. The van der Waals surface area contributed by atoms with Crippen LogP contribution in [0.15, 0.2) is 54.6 Å². The van der Waals surface area contributed by atoms with Gasteiger partial charge in [0.1, 0.15) is 0 Å². The van der Waals surface area contributed by atoms with Gasteiger partial charge in [0.15, 0.2) is 0 Å². The number of rotatable bonds is 4. The topological polar surface area (TPSA) is 120 Å². The van der Waals surface area contributed by atoms with E-state index in [1.807, 2.05) is 18.2 Å². The average Bonchev–Trinajstić information content (AvgIpc) is 2.80. The van der Waals surface area contributed by atoms with Crippen LogP contribution in [0.3, 0.4) is 0 Å². The number of halogens is 3. The van der Waals surface area contributed by atoms with E-state index in [2.05, 4.69) is 11.1 Å². The van der Waals surface area contributed by atoms with Crippen LogP contribution in [-0.2, 0) is 20.8 Å². The lowest BCUT2D eigenvalue weighted by Crippen LogP contribution is -2.34. The Hall–Kier alpha value is -3.99. The summed E-state index contributed by atoms with van der Waals surface area (Å²) in [4.78, 5) is 38.6. The summed E-state index contributed by atoms with van der Waals surface area (Å²) in [6.07, 6.45) is 2.67. The number of para-hydroxylation sites is 1. The first kappa shape index (κ1) is 25.3. The highest BCUT2D eigenvalue weighted by Crippen LogP contribution is 2.26. The van der Waals surface area contributed by atoms with Crippen molar-refractivity contribution in [1.82, 2.24) is 10.5 Å². The van der Waals surface area contributed by atoms with Crippen LogP contribution in [0.25, 0.3) is 12.2 Å². The molecular formula is C22H20F3N3O5. The second-order valence-electron chi connectivity index (χ2n) is 6.66. The molecule has 1 aliphatic rings. The SMILES string of the molecule is O=C(/C=C/c1cccc(/C=C/C(=O)N2CCCc3ccccc32)n1)NO.O=C(O)C(F)(F)F. The largest absolute Gasteiger partial charge is 0.490 e. The van der Waals surface area contributed by atoms with E-state index in [1.165, 1.54) is 29.3 Å². The summed E-state index contributed by atoms with van der Waals surface area (Å²) in [6, 6.07) is 13.2. The van der Waals surface area contributed by atoms with Crippen molar-refractivity contribution in [3.05, 3.63) is 71.6 Å². The summed E-state index contributed by atoms with van der Waals surface area (Å²) in [5, 5.41) is 15.6. The van der Waals surface area contributed by atoms with Gasteiger partial charge in [-0.25, -0.2) is 15.3 Å². The Labute approximate surface area is 186 Å². The number of aryl methyl sites for hydroxylation is 1. The normalized spacial score (nSPS) is 13.3. The number of aromatic nitrogens is 1. The zero-order valence-corrected chi connectivity index (χ0v) is 17.1. The maximum atomic E-state index is 12.6. The smallest absolute Gasteiger partial charge is 0.475 e. The molecule has 1 aliphatic heterocycles. The highest BCUT2D eigenvalue weighted by Gasteiger charge is 2.38. The van der Waals surface area contributed by atoms with Crippen molar-refractivity contribution < 1.29 is 37.9 Å². The van der Waals surface area contributed by atoms with Gasteiger partial charge >= 0.3 is 12.1 Å². The Morgan fingerprint density at radius 1 is 1.00 bits per heavy atom. The molecule has 2 aromatic rings. The molecule has 0 saturated carbocycles. The summed E-state index contributed by atoms with van der Waals surface area (Å²) in [7, 11) is 0. The third-order valence-corrected chi connectivity index (χ3v) is 4.32. The second-order valence-corrected chi connectivity index (χ2v) is 6.66. The molecule has 2 amide bonds. The molecule has 1 aromatic carbocycles. The maximum absolute atomic E-state index is 12.6. The number of fused-ring (bicyclic) bond motifs is 1. The molecule has 174 valence electrons. The van der Waals surface area contributed by atoms with E-state index >= 15 is 0 Å². The first-order valence-corrected chi connectivity index (χ1v) is 9.58. The highest BCUT2D eigenvalue weighted by molar-refractivity contribution is 6.04. The number of hydroxylamine groups is 1. The predicted octanol–water partition coefficient (Wildman–Crippen LogP) is 3.23. The Morgan fingerprint density at radius 3 is 2.21 bits per heavy atom. The summed E-state index contributed by atoms with van der Waals surface area (Å²) >= 11 is 0. The van der Waals surface area contributed by atoms with E-state index in [0.717, 1.165) is 18.5 Å². The van der Waals surface area contributed by atoms with E-state index in [0.29, 0.717) is 17.9 Å². The summed E-state index contributed by atoms with van der Waals surface area (Å²) < 4.78 is 31.7. The number of pyridine rings is 1. The van der Waals surface area contributed by atoms with Gasteiger partial charge in [-0.1, -0.05) is 24.3 Å². The summed E-state index contributed by atoms with van der Waals surface area (Å²) in [5.74, 6) is -3.47. The number of carboxylic acid groups (broad SMARTS) is 1. The van der Waals surface area contributed by atoms with Crippen LogP contribution in [0.1, 0.15) is 23.4 Å². The van der Waals surface area contributed by atoms with E-state index < -0.39 is 18.1 Å². The van der Waals surface area contributed by atoms with Crippen molar-refractivity contribution in [1.29, 1.82) is 0 Å². The van der Waals surface area contributed by atoms with Gasteiger partial charge in [0.2, 0.25) is 0 Å². The summed E-state index contributed by atoms with van der Waals surface area (Å²) in [5.41, 5.74) is 4.82. The Morgan fingerprint density at radius 2 is 1.61 bits per heavy atom. The van der Waals surface area contributed by atoms with Gasteiger partial charge < -0.3 is 10.0 Å². The van der Waals surface area contributed by atoms with E-state index in [4.69, 9.17) is 15.1 Å². The fraction of sp³-hybridized carbons (Fsp3) is 0.182. The number of carbonyl (C=O) groups is 3. The molecule has 0 radical (unpaired) electrons. The van der Waals surface area contributed by atoms with Crippen LogP contribution in [0.5, 0.6) is 0 Å². The van der Waals surface area contributed by atoms with Crippen LogP contribution < -0.4 is 10.4 Å². The van der Waals surface area contributed by atoms with Gasteiger partial charge in [-0.05, 0) is 48.8 Å². The molecule has 3 rings (SSSR count). The van der Waals surface area contributed by atoms with Crippen molar-refractivity contribution >= 4 is 35.6 Å². The summed E-state index contributed by atoms with van der Waals surface area (Å²) in [6.45, 7) is 0.701. The van der Waals surface area contributed by atoms with Crippen molar-refractivity contribution in [2.45, 2.75) is 19.0 Å². The number of alkyl halides is 3. The number of carbonyl (C=O) groups excluding carboxylic acids is 2. The Balaban J connectivity index is 0.000000479. The number of aliphatic carboxylic acids is 1. The molecular weight excluding hydrogens is 443 g/mol. The number of hydrogen-bond donors (Lipinski definition) is 3. The first-order valence-electron chi connectivity index (χ1n) is 9.58. The number of anilines is 1. The van der Waals surface area contributed by atoms with Crippen LogP contribution in [0.2, 0.25) is 0 Å². The number of nitrogens with one attached hydrogen (secondary N) is 1. The zero-order valence-electron chi connectivity index (χ0n) is 17.1. The van der Waals surface area contributed by atoms with Crippen molar-refractivity contribution in [2.75, 3.05) is 11.4 Å². The first-order chi connectivity index (χ1) is 15.6. The number of amides is 2. The molecule has 1 aromatic heterocycles. The molecule has 11 heteroatoms. The molecule has 0 saturated heterocycles. The molecule has 8 nitrogen and oxygen atoms in total. The molecule has 0 unspecified atom stereocenters. The fourth-order valence-electron chi connectivity index (χ4n) is 2.86. The lowest BCUT2D eigenvalue weighted by Gasteiger charge is -2.28. The van der Waals surface area contributed by atoms with Gasteiger partial charge in [0, 0.05) is 24.4 Å². The van der Waals surface area contributed by atoms with Gasteiger partial charge in [-0.3, -0.25) is 14.8 Å². The molecule has 0 fully saturated rings. The van der Waals surface area contributed by atoms with Crippen LogP contribution in [-0.4, -0.2) is 45.8 Å². The lowest BCUT2D eigenvalue weighted by atomic mass is 10.0. The second kappa shape index (κ2) is 11.6. The maximum Gasteiger partial charge on any atom is 0.490 e. The van der Waals surface area contributed by atoms with E-state index in [1.54, 1.807) is 29.2 Å². The Kier molecular flexibility index (Phi) is 8.87. The van der Waals surface area contributed by atoms with E-state index in [-0.39, 0.29) is 5.91 Å². The zero-order chi connectivity index (χ0) is 24.4. The molecule has 2 heterocycles. The average molecular weight is 463 g/mol. The predicted molar refractivity (Wildman–Crippen MR) is 113 cm³/mol. The molecule has 0 atom stereocenters. The standard InChI is InChI=1S/C20H19N3O3.C2HF3O2/c24-19(22-26)12-10-16-7-3-8-17(21-16)11-13-20(25)23-14-4-6-15-5-1-2-9-18(15)23;3-2(4,5)1(6)7/h1-3,5,7-13,26H,4,6,14H2,(H,22,24);(H,6,7)/b12-10+,13-11+;. The molecule has 0 aliphatic carbocycles. The van der Waals surface area contributed by atoms with Gasteiger partial charge in [0.25, 0.3) is 11.8 Å². The van der Waals surface area contributed by atoms with Gasteiger partial charge in [-0.15, -0.1) is 0 Å². The van der Waals surface area contributed by atoms with Crippen molar-refractivity contribution in [3.63, 3.8) is 0 Å². The number of hydrogen-bond acceptors (Lipinski definition) is 5. The van der Waals surface area contributed by atoms with Gasteiger partial charge in [-0.2, -0.15) is 13.2 Å². The minimum atomic E-state index is -5.08. The van der Waals surface area contributed by atoms with Crippen molar-refractivity contribution in [2.24, 2.45) is 0 Å². The number of nitrogens with zero attached hydrogens (tertiary/aromatic N) is 2. The van der Waals surface area contributed by atoms with Gasteiger partial charge in [0.05, 0.1) is 11.4 Å². The third-order valence-electron chi connectivity index (χ3n) is 4.32. The minimum Gasteiger partial charge on any atom is -0.475 e. The van der Waals surface area contributed by atoms with E-state index in [9.17, 15) is 22.8 Å². The lowest BCUT2D eigenvalue weighted by molar-refractivity contribution is -0.192. The molecule has 33 heavy (non-hydrogen) atoms. The fourth-order valence-corrected chi connectivity index (χ4v) is 2.86. The van der Waals surface area contributed by atoms with Crippen LogP contribution >= 0.6 is 0 Å². The number of carboxylic acids is 1. The Bertz CT molecular complexity index is 1070. The molecule has 0 spiro atoms. The molecule has 0 bridgehead atoms. The van der Waals surface area contributed by atoms with Crippen LogP contribution in [0, 0.1) is 0 Å².